The van der Waals surface area contributed by atoms with Gasteiger partial charge in [0.1, 0.15) is 0 Å². The van der Waals surface area contributed by atoms with Crippen molar-refractivity contribution in [2.24, 2.45) is 0 Å². The molecule has 0 aliphatic carbocycles. The van der Waals surface area contributed by atoms with Gasteiger partial charge in [0, 0.05) is 6.61 Å². The van der Waals surface area contributed by atoms with E-state index >= 15 is 0 Å². The molecule has 0 heterocycles. The Morgan fingerprint density at radius 3 is 2.73 bits per heavy atom. The molecule has 0 atom stereocenters. The van der Waals surface area contributed by atoms with Crippen LogP contribution in [0.15, 0.2) is 30.8 Å². The van der Waals surface area contributed by atoms with E-state index in [1.807, 2.05) is 6.08 Å². The van der Waals surface area contributed by atoms with Gasteiger partial charge in [0.25, 0.3) is 0 Å². The second-order valence-corrected chi connectivity index (χ2v) is 8.08. The number of benzene rings is 1. The van der Waals surface area contributed by atoms with Gasteiger partial charge in [0.15, 0.2) is 0 Å². The van der Waals surface area contributed by atoms with Gasteiger partial charge in [0.2, 0.25) is 8.32 Å². The third-order valence-electron chi connectivity index (χ3n) is 2.48. The van der Waals surface area contributed by atoms with Crippen LogP contribution >= 0.6 is 0 Å². The van der Waals surface area contributed by atoms with Crippen molar-refractivity contribution in [3.63, 3.8) is 0 Å². The zero-order valence-corrected chi connectivity index (χ0v) is 10.9. The molecule has 0 bridgehead atoms. The molecule has 0 aromatic heterocycles. The van der Waals surface area contributed by atoms with Crippen LogP contribution in [0.4, 0.5) is 0 Å². The van der Waals surface area contributed by atoms with Crippen LogP contribution in [0.2, 0.25) is 13.1 Å². The first-order valence-corrected chi connectivity index (χ1v) is 8.38. The second kappa shape index (κ2) is 5.28. The summed E-state index contributed by atoms with van der Waals surface area (Å²) < 4.78 is 5.97. The Balaban J connectivity index is 2.87. The molecular formula is C13H20OSi. The molecule has 0 spiro atoms. The standard InChI is InChI=1S/C13H20OSi/c1-5-10-14-15(3,4)13-9-7-8-12(6-2)11-13/h6-9,11H,2,5,10H2,1,3-4H3. The molecule has 0 N–H and O–H groups in total. The van der Waals surface area contributed by atoms with Crippen LogP contribution in [-0.2, 0) is 4.43 Å². The van der Waals surface area contributed by atoms with E-state index in [-0.39, 0.29) is 0 Å². The maximum absolute atomic E-state index is 5.97. The highest BCUT2D eigenvalue weighted by Crippen LogP contribution is 2.08. The minimum Gasteiger partial charge on any atom is -0.413 e. The molecule has 0 radical (unpaired) electrons. The third-order valence-corrected chi connectivity index (χ3v) is 5.11. The van der Waals surface area contributed by atoms with Gasteiger partial charge < -0.3 is 4.43 Å². The second-order valence-electron chi connectivity index (χ2n) is 4.19. The molecule has 0 fully saturated rings. The maximum Gasteiger partial charge on any atom is 0.218 e. The highest BCUT2D eigenvalue weighted by Gasteiger charge is 2.24. The molecule has 1 aromatic carbocycles. The lowest BCUT2D eigenvalue weighted by molar-refractivity contribution is 0.315. The third kappa shape index (κ3) is 3.32. The fourth-order valence-electron chi connectivity index (χ4n) is 1.48. The Hall–Kier alpha value is -0.863. The van der Waals surface area contributed by atoms with Crippen LogP contribution in [0, 0.1) is 0 Å². The molecule has 0 amide bonds. The van der Waals surface area contributed by atoms with Crippen LogP contribution < -0.4 is 5.19 Å². The summed E-state index contributed by atoms with van der Waals surface area (Å²) >= 11 is 0. The summed E-state index contributed by atoms with van der Waals surface area (Å²) in [7, 11) is -1.70. The van der Waals surface area contributed by atoms with Crippen molar-refractivity contribution in [2.75, 3.05) is 6.61 Å². The Morgan fingerprint density at radius 2 is 2.13 bits per heavy atom. The molecule has 82 valence electrons. The van der Waals surface area contributed by atoms with Crippen LogP contribution in [0.3, 0.4) is 0 Å². The van der Waals surface area contributed by atoms with Gasteiger partial charge in [-0.2, -0.15) is 0 Å². The Morgan fingerprint density at radius 1 is 1.40 bits per heavy atom. The van der Waals surface area contributed by atoms with Crippen molar-refractivity contribution in [3.05, 3.63) is 36.4 Å². The summed E-state index contributed by atoms with van der Waals surface area (Å²) in [5, 5.41) is 1.34. The largest absolute Gasteiger partial charge is 0.413 e. The molecule has 0 saturated carbocycles. The van der Waals surface area contributed by atoms with E-state index in [9.17, 15) is 0 Å². The van der Waals surface area contributed by atoms with E-state index in [1.165, 1.54) is 10.8 Å². The lowest BCUT2D eigenvalue weighted by Gasteiger charge is -2.23. The number of rotatable bonds is 5. The molecule has 0 aliphatic heterocycles. The van der Waals surface area contributed by atoms with E-state index in [1.54, 1.807) is 0 Å². The SMILES string of the molecule is C=Cc1cccc([Si](C)(C)OCCC)c1. The minimum atomic E-state index is -1.70. The first-order chi connectivity index (χ1) is 7.10. The van der Waals surface area contributed by atoms with Crippen molar-refractivity contribution >= 4 is 19.6 Å². The van der Waals surface area contributed by atoms with E-state index < -0.39 is 8.32 Å². The Bertz CT molecular complexity index is 331. The average Bonchev–Trinajstić information content (AvgIpc) is 2.26. The van der Waals surface area contributed by atoms with Crippen molar-refractivity contribution in [1.29, 1.82) is 0 Å². The lowest BCUT2D eigenvalue weighted by atomic mass is 10.2. The van der Waals surface area contributed by atoms with E-state index in [0.717, 1.165) is 13.0 Å². The number of hydrogen-bond donors (Lipinski definition) is 0. The van der Waals surface area contributed by atoms with Gasteiger partial charge in [-0.15, -0.1) is 0 Å². The maximum atomic E-state index is 5.97. The van der Waals surface area contributed by atoms with Gasteiger partial charge in [-0.1, -0.05) is 43.8 Å². The molecule has 0 aliphatic rings. The molecule has 1 nitrogen and oxygen atoms in total. The van der Waals surface area contributed by atoms with Crippen LogP contribution in [0.5, 0.6) is 0 Å². The first-order valence-electron chi connectivity index (χ1n) is 5.47. The Kier molecular flexibility index (Phi) is 4.30. The van der Waals surface area contributed by atoms with Crippen LogP contribution in [-0.4, -0.2) is 14.9 Å². The van der Waals surface area contributed by atoms with Crippen LogP contribution in [0.1, 0.15) is 18.9 Å². The summed E-state index contributed by atoms with van der Waals surface area (Å²) in [6.07, 6.45) is 2.96. The lowest BCUT2D eigenvalue weighted by Crippen LogP contribution is -2.45. The van der Waals surface area contributed by atoms with Crippen molar-refractivity contribution in [1.82, 2.24) is 0 Å². The predicted molar refractivity (Wildman–Crippen MR) is 69.9 cm³/mol. The summed E-state index contributed by atoms with van der Waals surface area (Å²) in [5.41, 5.74) is 1.17. The normalized spacial score (nSPS) is 11.4. The molecule has 0 saturated heterocycles. The fraction of sp³-hybridized carbons (Fsp3) is 0.385. The molecule has 2 heteroatoms. The van der Waals surface area contributed by atoms with Gasteiger partial charge in [0.05, 0.1) is 0 Å². The quantitative estimate of drug-likeness (QED) is 0.693. The van der Waals surface area contributed by atoms with Crippen molar-refractivity contribution in [2.45, 2.75) is 26.4 Å². The smallest absolute Gasteiger partial charge is 0.218 e. The minimum absolute atomic E-state index is 0.859. The van der Waals surface area contributed by atoms with Crippen LogP contribution in [0.25, 0.3) is 6.08 Å². The van der Waals surface area contributed by atoms with Gasteiger partial charge in [-0.3, -0.25) is 0 Å². The summed E-state index contributed by atoms with van der Waals surface area (Å²) in [4.78, 5) is 0. The highest BCUT2D eigenvalue weighted by atomic mass is 28.4. The van der Waals surface area contributed by atoms with E-state index in [0.29, 0.717) is 0 Å². The zero-order chi connectivity index (χ0) is 11.3. The monoisotopic (exact) mass is 220 g/mol. The van der Waals surface area contributed by atoms with E-state index in [4.69, 9.17) is 4.43 Å². The number of hydrogen-bond acceptors (Lipinski definition) is 1. The van der Waals surface area contributed by atoms with Gasteiger partial charge >= 0.3 is 0 Å². The highest BCUT2D eigenvalue weighted by molar-refractivity contribution is 6.84. The Labute approximate surface area is 93.9 Å². The molecule has 1 aromatic rings. The molecule has 0 unspecified atom stereocenters. The average molecular weight is 220 g/mol. The van der Waals surface area contributed by atoms with Gasteiger partial charge in [-0.25, -0.2) is 0 Å². The van der Waals surface area contributed by atoms with E-state index in [2.05, 4.69) is 50.9 Å². The van der Waals surface area contributed by atoms with Crippen molar-refractivity contribution in [3.8, 4) is 0 Å². The topological polar surface area (TPSA) is 9.23 Å². The summed E-state index contributed by atoms with van der Waals surface area (Å²) in [5.74, 6) is 0. The molecule has 1 rings (SSSR count). The van der Waals surface area contributed by atoms with Crippen molar-refractivity contribution < 1.29 is 4.43 Å². The first kappa shape index (κ1) is 12.2. The summed E-state index contributed by atoms with van der Waals surface area (Å²) in [6.45, 7) is 11.3. The fourth-order valence-corrected chi connectivity index (χ4v) is 3.37. The predicted octanol–water partition coefficient (Wildman–Crippen LogP) is 3.17. The summed E-state index contributed by atoms with van der Waals surface area (Å²) in [6, 6.07) is 8.50. The molecular weight excluding hydrogens is 200 g/mol. The molecule has 15 heavy (non-hydrogen) atoms. The zero-order valence-electron chi connectivity index (χ0n) is 9.92. The van der Waals surface area contributed by atoms with Gasteiger partial charge in [-0.05, 0) is 30.3 Å².